The van der Waals surface area contributed by atoms with Gasteiger partial charge in [0.05, 0.1) is 9.85 Å². The van der Waals surface area contributed by atoms with Crippen molar-refractivity contribution in [3.8, 4) is 5.75 Å². The molecule has 0 aliphatic rings. The van der Waals surface area contributed by atoms with Crippen molar-refractivity contribution >= 4 is 17.3 Å². The van der Waals surface area contributed by atoms with E-state index in [1.807, 2.05) is 13.8 Å². The summed E-state index contributed by atoms with van der Waals surface area (Å²) < 4.78 is 4.90. The maximum atomic E-state index is 11.7. The van der Waals surface area contributed by atoms with E-state index in [-0.39, 0.29) is 0 Å². The molecule has 142 valence electrons. The summed E-state index contributed by atoms with van der Waals surface area (Å²) in [6.45, 7) is 9.44. The minimum atomic E-state index is -0.912. The van der Waals surface area contributed by atoms with E-state index in [1.54, 1.807) is 6.92 Å². The van der Waals surface area contributed by atoms with Crippen molar-refractivity contribution in [3.63, 3.8) is 0 Å². The molecule has 0 saturated carbocycles. The average Bonchev–Trinajstić information content (AvgIpc) is 2.52. The molecule has 0 radical (unpaired) electrons. The van der Waals surface area contributed by atoms with Crippen LogP contribution in [0.25, 0.3) is 0 Å². The molecule has 0 aliphatic carbocycles. The van der Waals surface area contributed by atoms with Crippen molar-refractivity contribution in [1.82, 2.24) is 0 Å². The number of ether oxygens (including phenoxy) is 1. The average molecular weight is 364 g/mol. The van der Waals surface area contributed by atoms with E-state index in [4.69, 9.17) is 4.74 Å². The molecule has 1 rings (SSSR count). The van der Waals surface area contributed by atoms with Gasteiger partial charge in [0.2, 0.25) is 0 Å². The predicted molar refractivity (Wildman–Crippen MR) is 97.3 cm³/mol. The summed E-state index contributed by atoms with van der Waals surface area (Å²) in [6.07, 6.45) is 3.99. The number of carbonyl (C=O) groups is 1. The first kappa shape index (κ1) is 21.3. The van der Waals surface area contributed by atoms with Crippen LogP contribution >= 0.6 is 0 Å². The Morgan fingerprint density at radius 3 is 2.08 bits per heavy atom. The smallest absolute Gasteiger partial charge is 0.336 e. The Hall–Kier alpha value is -2.77. The Bertz CT molecular complexity index is 702. The minimum absolute atomic E-state index is 0.431. The van der Waals surface area contributed by atoms with Gasteiger partial charge in [0.15, 0.2) is 0 Å². The third-order valence-electron chi connectivity index (χ3n) is 4.08. The lowest BCUT2D eigenvalue weighted by Crippen LogP contribution is -2.19. The van der Waals surface area contributed by atoms with Crippen LogP contribution in [-0.4, -0.2) is 15.8 Å². The number of rotatable bonds is 8. The monoisotopic (exact) mass is 364 g/mol. The Labute approximate surface area is 152 Å². The number of nitro benzene ring substituents is 2. The normalized spacial score (nSPS) is 11.8. The van der Waals surface area contributed by atoms with Crippen molar-refractivity contribution in [2.45, 2.75) is 52.9 Å². The van der Waals surface area contributed by atoms with Gasteiger partial charge >= 0.3 is 17.3 Å². The third-order valence-corrected chi connectivity index (χ3v) is 4.08. The molecule has 1 aromatic rings. The molecule has 0 heterocycles. The standard InChI is InChI=1S/C18H24N2O6/c1-6-7-16(21)26-17-14(19(22)23)10-13(11-15(17)20(24)25)18(4,5)9-8-12(2)3/h6-7,10-12H,8-9H2,1-5H3. The zero-order chi connectivity index (χ0) is 20.1. The molecule has 8 nitrogen and oxygen atoms in total. The van der Waals surface area contributed by atoms with Gasteiger partial charge in [-0.25, -0.2) is 4.79 Å². The van der Waals surface area contributed by atoms with E-state index in [1.165, 1.54) is 18.2 Å². The maximum absolute atomic E-state index is 11.7. The zero-order valence-electron chi connectivity index (χ0n) is 15.6. The number of hydrogen-bond donors (Lipinski definition) is 0. The van der Waals surface area contributed by atoms with E-state index in [0.717, 1.165) is 12.5 Å². The van der Waals surface area contributed by atoms with Crippen molar-refractivity contribution in [1.29, 1.82) is 0 Å². The summed E-state index contributed by atoms with van der Waals surface area (Å²) in [5, 5.41) is 22.9. The predicted octanol–water partition coefficient (Wildman–Crippen LogP) is 4.70. The second-order valence-corrected chi connectivity index (χ2v) is 7.10. The molecule has 0 saturated heterocycles. The Balaban J connectivity index is 3.52. The molecular weight excluding hydrogens is 340 g/mol. The largest absolute Gasteiger partial charge is 0.409 e. The number of hydrogen-bond acceptors (Lipinski definition) is 6. The topological polar surface area (TPSA) is 113 Å². The van der Waals surface area contributed by atoms with Crippen LogP contribution in [0.3, 0.4) is 0 Å². The van der Waals surface area contributed by atoms with Crippen LogP contribution in [0.1, 0.15) is 53.0 Å². The first-order chi connectivity index (χ1) is 12.0. The van der Waals surface area contributed by atoms with Crippen molar-refractivity contribution in [2.24, 2.45) is 5.92 Å². The van der Waals surface area contributed by atoms with Crippen molar-refractivity contribution in [3.05, 3.63) is 50.1 Å². The summed E-state index contributed by atoms with van der Waals surface area (Å²) in [6, 6.07) is 2.51. The second-order valence-electron chi connectivity index (χ2n) is 7.10. The molecule has 0 fully saturated rings. The van der Waals surface area contributed by atoms with Gasteiger partial charge in [-0.1, -0.05) is 40.2 Å². The van der Waals surface area contributed by atoms with Crippen LogP contribution < -0.4 is 4.74 Å². The molecular formula is C18H24N2O6. The summed E-state index contributed by atoms with van der Waals surface area (Å²) in [7, 11) is 0. The van der Waals surface area contributed by atoms with Crippen LogP contribution in [0.15, 0.2) is 24.3 Å². The van der Waals surface area contributed by atoms with Crippen LogP contribution in [0.5, 0.6) is 5.75 Å². The molecule has 0 spiro atoms. The molecule has 8 heteroatoms. The van der Waals surface area contributed by atoms with Gasteiger partial charge in [-0.3, -0.25) is 20.2 Å². The van der Waals surface area contributed by atoms with Gasteiger partial charge in [0.1, 0.15) is 0 Å². The third kappa shape index (κ3) is 5.37. The second kappa shape index (κ2) is 8.55. The van der Waals surface area contributed by atoms with E-state index < -0.39 is 38.4 Å². The lowest BCUT2D eigenvalue weighted by molar-refractivity contribution is -0.395. The summed E-state index contributed by atoms with van der Waals surface area (Å²) >= 11 is 0. The maximum Gasteiger partial charge on any atom is 0.336 e. The number of allylic oxidation sites excluding steroid dienone is 1. The molecule has 0 unspecified atom stereocenters. The van der Waals surface area contributed by atoms with Crippen LogP contribution in [0.4, 0.5) is 11.4 Å². The van der Waals surface area contributed by atoms with Gasteiger partial charge in [-0.2, -0.15) is 0 Å². The number of carbonyl (C=O) groups excluding carboxylic acids is 1. The molecule has 0 aromatic heterocycles. The molecule has 26 heavy (non-hydrogen) atoms. The SMILES string of the molecule is CC=CC(=O)Oc1c([N+](=O)[O-])cc(C(C)(C)CCC(C)C)cc1[N+](=O)[O-]. The highest BCUT2D eigenvalue weighted by Crippen LogP contribution is 2.42. The molecule has 0 bridgehead atoms. The van der Waals surface area contributed by atoms with Crippen molar-refractivity contribution < 1.29 is 19.4 Å². The first-order valence-electron chi connectivity index (χ1n) is 8.31. The minimum Gasteiger partial charge on any atom is -0.409 e. The number of esters is 1. The summed E-state index contributed by atoms with van der Waals surface area (Å²) in [4.78, 5) is 33.0. The van der Waals surface area contributed by atoms with Gasteiger partial charge in [0, 0.05) is 18.2 Å². The van der Waals surface area contributed by atoms with Crippen LogP contribution in [-0.2, 0) is 10.2 Å². The van der Waals surface area contributed by atoms with Crippen LogP contribution in [0.2, 0.25) is 0 Å². The van der Waals surface area contributed by atoms with Gasteiger partial charge in [-0.15, -0.1) is 0 Å². The highest BCUT2D eigenvalue weighted by atomic mass is 16.6. The van der Waals surface area contributed by atoms with E-state index in [9.17, 15) is 25.0 Å². The fourth-order valence-corrected chi connectivity index (χ4v) is 2.43. The summed E-state index contributed by atoms with van der Waals surface area (Å²) in [5.41, 5.74) is -1.23. The quantitative estimate of drug-likeness (QED) is 0.217. The van der Waals surface area contributed by atoms with E-state index in [0.29, 0.717) is 17.9 Å². The molecule has 0 atom stereocenters. The number of benzene rings is 1. The lowest BCUT2D eigenvalue weighted by Gasteiger charge is -2.26. The molecule has 0 amide bonds. The lowest BCUT2D eigenvalue weighted by atomic mass is 9.78. The highest BCUT2D eigenvalue weighted by molar-refractivity contribution is 5.86. The van der Waals surface area contributed by atoms with Gasteiger partial charge in [-0.05, 0) is 30.2 Å². The molecule has 0 aliphatic heterocycles. The Kier molecular flexibility index (Phi) is 7.00. The van der Waals surface area contributed by atoms with E-state index >= 15 is 0 Å². The Morgan fingerprint density at radius 2 is 1.69 bits per heavy atom. The zero-order valence-corrected chi connectivity index (χ0v) is 15.6. The highest BCUT2D eigenvalue weighted by Gasteiger charge is 2.34. The van der Waals surface area contributed by atoms with Gasteiger partial charge < -0.3 is 4.74 Å². The fraction of sp³-hybridized carbons (Fsp3) is 0.500. The summed E-state index contributed by atoms with van der Waals surface area (Å²) in [5.74, 6) is -1.13. The van der Waals surface area contributed by atoms with Crippen molar-refractivity contribution in [2.75, 3.05) is 0 Å². The van der Waals surface area contributed by atoms with Crippen LogP contribution in [0, 0.1) is 26.1 Å². The first-order valence-corrected chi connectivity index (χ1v) is 8.31. The molecule has 1 aromatic carbocycles. The number of nitrogens with zero attached hydrogens (tertiary/aromatic N) is 2. The molecule has 0 N–H and O–H groups in total. The van der Waals surface area contributed by atoms with Gasteiger partial charge in [0.25, 0.3) is 5.75 Å². The fourth-order valence-electron chi connectivity index (χ4n) is 2.43. The Morgan fingerprint density at radius 1 is 1.19 bits per heavy atom. The van der Waals surface area contributed by atoms with E-state index in [2.05, 4.69) is 13.8 Å². The number of nitro groups is 2.